The summed E-state index contributed by atoms with van der Waals surface area (Å²) in [6.45, 7) is 0.418. The van der Waals surface area contributed by atoms with Crippen LogP contribution in [-0.2, 0) is 15.7 Å². The van der Waals surface area contributed by atoms with Gasteiger partial charge in [0.2, 0.25) is 0 Å². The van der Waals surface area contributed by atoms with Gasteiger partial charge in [0.1, 0.15) is 6.10 Å². The first kappa shape index (κ1) is 15.3. The summed E-state index contributed by atoms with van der Waals surface area (Å²) in [7, 11) is 0. The molecule has 1 aliphatic heterocycles. The second kappa shape index (κ2) is 5.72. The molecule has 1 aromatic carbocycles. The van der Waals surface area contributed by atoms with E-state index in [0.29, 0.717) is 31.6 Å². The molecule has 5 nitrogen and oxygen atoms in total. The van der Waals surface area contributed by atoms with Gasteiger partial charge in [-0.25, -0.2) is 4.79 Å². The number of hydrogen-bond acceptors (Lipinski definition) is 3. The lowest BCUT2D eigenvalue weighted by Crippen LogP contribution is -2.27. The molecule has 1 fully saturated rings. The topological polar surface area (TPSA) is 75.6 Å². The third-order valence-corrected chi connectivity index (χ3v) is 3.00. The van der Waals surface area contributed by atoms with Gasteiger partial charge >= 0.3 is 12.1 Å². The van der Waals surface area contributed by atoms with Crippen molar-refractivity contribution in [3.05, 3.63) is 29.3 Å². The highest BCUT2D eigenvalue weighted by atomic mass is 19.4. The molecule has 0 unspecified atom stereocenters. The van der Waals surface area contributed by atoms with Gasteiger partial charge in [0.25, 0.3) is 5.91 Å². The number of hydrogen-bond donors (Lipinski definition) is 2. The number of nitrogens with one attached hydrogen (secondary N) is 1. The molecule has 0 radical (unpaired) electrons. The number of carboxylic acids is 1. The standard InChI is InChI=1S/C13H12F3NO4/c14-13(15,16)8-4-7(12(19)20)5-9(6-8)17-11(18)10-2-1-3-21-10/h4-6,10H,1-3H2,(H,17,18)(H,19,20)/t10-/m0/s1. The molecule has 1 aromatic rings. The summed E-state index contributed by atoms with van der Waals surface area (Å²) in [4.78, 5) is 22.7. The fourth-order valence-electron chi connectivity index (χ4n) is 1.99. The van der Waals surface area contributed by atoms with Crippen molar-refractivity contribution in [1.82, 2.24) is 0 Å². The minimum absolute atomic E-state index is 0.220. The Morgan fingerprint density at radius 1 is 1.29 bits per heavy atom. The Morgan fingerprint density at radius 3 is 2.52 bits per heavy atom. The quantitative estimate of drug-likeness (QED) is 0.899. The van der Waals surface area contributed by atoms with Crippen LogP contribution in [0.1, 0.15) is 28.8 Å². The summed E-state index contributed by atoms with van der Waals surface area (Å²) >= 11 is 0. The molecule has 0 aromatic heterocycles. The predicted octanol–water partition coefficient (Wildman–Crippen LogP) is 2.52. The van der Waals surface area contributed by atoms with E-state index in [-0.39, 0.29) is 5.69 Å². The van der Waals surface area contributed by atoms with Gasteiger partial charge in [-0.1, -0.05) is 0 Å². The highest BCUT2D eigenvalue weighted by molar-refractivity contribution is 5.96. The Hall–Kier alpha value is -2.09. The molecule has 0 saturated carbocycles. The van der Waals surface area contributed by atoms with E-state index in [0.717, 1.165) is 6.07 Å². The summed E-state index contributed by atoms with van der Waals surface area (Å²) in [5.41, 5.74) is -1.90. The molecule has 114 valence electrons. The molecular weight excluding hydrogens is 291 g/mol. The SMILES string of the molecule is O=C(O)c1cc(NC(=O)[C@@H]2CCCO2)cc(C(F)(F)F)c1. The Labute approximate surface area is 117 Å². The van der Waals surface area contributed by atoms with Crippen LogP contribution in [0.25, 0.3) is 0 Å². The highest BCUT2D eigenvalue weighted by Crippen LogP contribution is 2.32. The first-order valence-corrected chi connectivity index (χ1v) is 6.15. The van der Waals surface area contributed by atoms with E-state index >= 15 is 0 Å². The third-order valence-electron chi connectivity index (χ3n) is 3.00. The van der Waals surface area contributed by atoms with Gasteiger partial charge < -0.3 is 15.2 Å². The minimum atomic E-state index is -4.70. The Bertz CT molecular complexity index is 565. The zero-order valence-electron chi connectivity index (χ0n) is 10.7. The second-order valence-corrected chi connectivity index (χ2v) is 4.59. The maximum atomic E-state index is 12.7. The van der Waals surface area contributed by atoms with E-state index in [1.165, 1.54) is 0 Å². The van der Waals surface area contributed by atoms with Gasteiger partial charge in [0.05, 0.1) is 11.1 Å². The Morgan fingerprint density at radius 2 is 2.00 bits per heavy atom. The van der Waals surface area contributed by atoms with Crippen LogP contribution in [0.4, 0.5) is 18.9 Å². The lowest BCUT2D eigenvalue weighted by Gasteiger charge is -2.13. The van der Waals surface area contributed by atoms with Crippen molar-refractivity contribution in [2.45, 2.75) is 25.1 Å². The van der Waals surface area contributed by atoms with Crippen LogP contribution in [0.2, 0.25) is 0 Å². The van der Waals surface area contributed by atoms with E-state index in [1.807, 2.05) is 0 Å². The summed E-state index contributed by atoms with van der Waals surface area (Å²) in [6.07, 6.45) is -4.24. The van der Waals surface area contributed by atoms with Crippen LogP contribution in [0, 0.1) is 0 Å². The molecule has 1 amide bonds. The van der Waals surface area contributed by atoms with Crippen molar-refractivity contribution in [2.75, 3.05) is 11.9 Å². The largest absolute Gasteiger partial charge is 0.478 e. The number of anilines is 1. The summed E-state index contributed by atoms with van der Waals surface area (Å²) in [5, 5.41) is 11.1. The number of benzene rings is 1. The minimum Gasteiger partial charge on any atom is -0.478 e. The second-order valence-electron chi connectivity index (χ2n) is 4.59. The number of ether oxygens (including phenoxy) is 1. The zero-order chi connectivity index (χ0) is 15.6. The van der Waals surface area contributed by atoms with E-state index in [1.54, 1.807) is 0 Å². The molecule has 0 bridgehead atoms. The van der Waals surface area contributed by atoms with Crippen molar-refractivity contribution in [1.29, 1.82) is 0 Å². The van der Waals surface area contributed by atoms with E-state index in [9.17, 15) is 22.8 Å². The number of aromatic carboxylic acids is 1. The average molecular weight is 303 g/mol. The van der Waals surface area contributed by atoms with Gasteiger partial charge in [-0.2, -0.15) is 13.2 Å². The van der Waals surface area contributed by atoms with Gasteiger partial charge in [-0.3, -0.25) is 4.79 Å². The van der Waals surface area contributed by atoms with Crippen LogP contribution in [0.3, 0.4) is 0 Å². The van der Waals surface area contributed by atoms with Crippen LogP contribution in [0.5, 0.6) is 0 Å². The number of alkyl halides is 3. The molecule has 1 saturated heterocycles. The third kappa shape index (κ3) is 3.72. The maximum Gasteiger partial charge on any atom is 0.416 e. The number of carboxylic acid groups (broad SMARTS) is 1. The van der Waals surface area contributed by atoms with Gasteiger partial charge in [0, 0.05) is 12.3 Å². The molecule has 0 aliphatic carbocycles. The van der Waals surface area contributed by atoms with Crippen LogP contribution in [0.15, 0.2) is 18.2 Å². The smallest absolute Gasteiger partial charge is 0.416 e. The molecule has 0 spiro atoms. The van der Waals surface area contributed by atoms with Crippen molar-refractivity contribution in [2.24, 2.45) is 0 Å². The molecule has 2 N–H and O–H groups in total. The fraction of sp³-hybridized carbons (Fsp3) is 0.385. The molecule has 1 heterocycles. The number of amides is 1. The van der Waals surface area contributed by atoms with Crippen molar-refractivity contribution in [3.63, 3.8) is 0 Å². The van der Waals surface area contributed by atoms with Gasteiger partial charge in [-0.15, -0.1) is 0 Å². The molecule has 21 heavy (non-hydrogen) atoms. The number of rotatable bonds is 3. The fourth-order valence-corrected chi connectivity index (χ4v) is 1.99. The van der Waals surface area contributed by atoms with Gasteiger partial charge in [-0.05, 0) is 31.0 Å². The molecule has 1 atom stereocenters. The predicted molar refractivity (Wildman–Crippen MR) is 66.0 cm³/mol. The number of carbonyl (C=O) groups excluding carboxylic acids is 1. The lowest BCUT2D eigenvalue weighted by atomic mass is 10.1. The summed E-state index contributed by atoms with van der Waals surface area (Å²) < 4.78 is 43.3. The van der Waals surface area contributed by atoms with E-state index < -0.39 is 35.3 Å². The Kier molecular flexibility index (Phi) is 4.17. The molecule has 2 rings (SSSR count). The van der Waals surface area contributed by atoms with Crippen molar-refractivity contribution < 1.29 is 32.6 Å². The first-order valence-electron chi connectivity index (χ1n) is 6.15. The Balaban J connectivity index is 2.27. The normalized spacial score (nSPS) is 18.5. The zero-order valence-corrected chi connectivity index (χ0v) is 10.7. The average Bonchev–Trinajstić information content (AvgIpc) is 2.91. The lowest BCUT2D eigenvalue weighted by molar-refractivity contribution is -0.137. The van der Waals surface area contributed by atoms with Crippen molar-refractivity contribution in [3.8, 4) is 0 Å². The molecular formula is C13H12F3NO4. The van der Waals surface area contributed by atoms with Crippen LogP contribution < -0.4 is 5.32 Å². The maximum absolute atomic E-state index is 12.7. The molecule has 8 heteroatoms. The number of carbonyl (C=O) groups is 2. The van der Waals surface area contributed by atoms with E-state index in [2.05, 4.69) is 5.32 Å². The summed E-state index contributed by atoms with van der Waals surface area (Å²) in [5.74, 6) is -2.09. The van der Waals surface area contributed by atoms with E-state index in [4.69, 9.17) is 9.84 Å². The monoisotopic (exact) mass is 303 g/mol. The van der Waals surface area contributed by atoms with Crippen LogP contribution in [-0.4, -0.2) is 29.7 Å². The number of halogens is 3. The first-order chi connectivity index (χ1) is 9.77. The highest BCUT2D eigenvalue weighted by Gasteiger charge is 2.32. The van der Waals surface area contributed by atoms with Crippen molar-refractivity contribution >= 4 is 17.6 Å². The van der Waals surface area contributed by atoms with Gasteiger partial charge in [0.15, 0.2) is 0 Å². The molecule has 1 aliphatic rings. The summed E-state index contributed by atoms with van der Waals surface area (Å²) in [6, 6.07) is 2.19. The van der Waals surface area contributed by atoms with Crippen LogP contribution >= 0.6 is 0 Å².